The second-order valence-electron chi connectivity index (χ2n) is 8.70. The maximum Gasteiger partial charge on any atom is 0.312 e. The minimum atomic E-state index is -0.600. The number of carbonyl (C=O) groups is 3. The fraction of sp³-hybridized carbons (Fsp3) is 0.857. The number of carbonyl (C=O) groups excluding carboxylic acids is 3. The highest BCUT2D eigenvalue weighted by Crippen LogP contribution is 2.44. The van der Waals surface area contributed by atoms with Gasteiger partial charge in [0, 0.05) is 37.5 Å². The molecule has 4 N–H and O–H groups in total. The molecule has 1 heterocycles. The van der Waals surface area contributed by atoms with Crippen LogP contribution in [0, 0.1) is 5.92 Å². The highest BCUT2D eigenvalue weighted by molar-refractivity contribution is 5.79. The molecule has 2 rings (SSSR count). The van der Waals surface area contributed by atoms with Gasteiger partial charge in [-0.05, 0) is 44.4 Å². The van der Waals surface area contributed by atoms with Gasteiger partial charge in [0.2, 0.25) is 11.8 Å². The zero-order valence-corrected chi connectivity index (χ0v) is 17.6. The van der Waals surface area contributed by atoms with Gasteiger partial charge in [0.25, 0.3) is 0 Å². The summed E-state index contributed by atoms with van der Waals surface area (Å²) in [7, 11) is 0. The van der Waals surface area contributed by atoms with E-state index in [0.29, 0.717) is 6.42 Å². The van der Waals surface area contributed by atoms with E-state index in [-0.39, 0.29) is 36.4 Å². The number of likely N-dealkylation sites (tertiary alicyclic amines) is 1. The Morgan fingerprint density at radius 1 is 1.18 bits per heavy atom. The van der Waals surface area contributed by atoms with Crippen molar-refractivity contribution in [1.29, 1.82) is 0 Å². The molecule has 4 amide bonds. The van der Waals surface area contributed by atoms with Crippen molar-refractivity contribution >= 4 is 17.8 Å². The third-order valence-corrected chi connectivity index (χ3v) is 6.45. The molecule has 2 fully saturated rings. The predicted octanol–water partition coefficient (Wildman–Crippen LogP) is 2.68. The average molecular weight is 395 g/mol. The van der Waals surface area contributed by atoms with E-state index < -0.39 is 6.03 Å². The van der Waals surface area contributed by atoms with Crippen LogP contribution in [-0.2, 0) is 9.59 Å². The lowest BCUT2D eigenvalue weighted by Gasteiger charge is -2.56. The Morgan fingerprint density at radius 2 is 1.93 bits per heavy atom. The molecule has 28 heavy (non-hydrogen) atoms. The second-order valence-corrected chi connectivity index (χ2v) is 8.70. The van der Waals surface area contributed by atoms with Gasteiger partial charge in [-0.15, -0.1) is 0 Å². The summed E-state index contributed by atoms with van der Waals surface area (Å²) < 4.78 is 0. The maximum absolute atomic E-state index is 12.6. The molecule has 0 aromatic carbocycles. The minimum Gasteiger partial charge on any atom is -0.353 e. The van der Waals surface area contributed by atoms with Gasteiger partial charge in [-0.1, -0.05) is 33.1 Å². The quantitative estimate of drug-likeness (QED) is 0.496. The molecule has 7 heteroatoms. The minimum absolute atomic E-state index is 0.0725. The number of unbranched alkanes of at least 4 members (excludes halogenated alkanes) is 1. The fourth-order valence-electron chi connectivity index (χ4n) is 4.58. The molecule has 0 aromatic rings. The van der Waals surface area contributed by atoms with Crippen molar-refractivity contribution in [2.75, 3.05) is 13.1 Å². The smallest absolute Gasteiger partial charge is 0.312 e. The van der Waals surface area contributed by atoms with Crippen molar-refractivity contribution in [3.8, 4) is 0 Å². The molecular weight excluding hydrogens is 356 g/mol. The monoisotopic (exact) mass is 394 g/mol. The number of nitrogens with zero attached hydrogens (tertiary/aromatic N) is 1. The normalized spacial score (nSPS) is 25.1. The van der Waals surface area contributed by atoms with Crippen molar-refractivity contribution in [3.05, 3.63) is 0 Å². The van der Waals surface area contributed by atoms with Crippen LogP contribution >= 0.6 is 0 Å². The largest absolute Gasteiger partial charge is 0.353 e. The second kappa shape index (κ2) is 10.7. The first-order valence-electron chi connectivity index (χ1n) is 11.0. The molecule has 2 aliphatic rings. The lowest BCUT2D eigenvalue weighted by atomic mass is 9.66. The number of primary amides is 1. The summed E-state index contributed by atoms with van der Waals surface area (Å²) in [4.78, 5) is 37.6. The number of hydrogen-bond donors (Lipinski definition) is 3. The van der Waals surface area contributed by atoms with Gasteiger partial charge in [-0.25, -0.2) is 4.79 Å². The topological polar surface area (TPSA) is 105 Å². The molecule has 1 aliphatic carbocycles. The van der Waals surface area contributed by atoms with Crippen LogP contribution in [0.1, 0.15) is 84.5 Å². The van der Waals surface area contributed by atoms with Crippen molar-refractivity contribution in [1.82, 2.24) is 15.5 Å². The van der Waals surface area contributed by atoms with Gasteiger partial charge in [-0.2, -0.15) is 0 Å². The van der Waals surface area contributed by atoms with E-state index >= 15 is 0 Å². The molecule has 160 valence electrons. The summed E-state index contributed by atoms with van der Waals surface area (Å²) in [6.07, 6.45) is 10.2. The standard InChI is InChI=1S/C21H38N4O3/c1-3-16(2)8-4-5-9-18(26)24-17-14-21(15-17)11-6-7-13-25(21)19(27)10-12-23-20(22)28/h16-17H,3-15H2,1-2H3,(H,24,26)(H3,22,23,28). The van der Waals surface area contributed by atoms with Crippen LogP contribution < -0.4 is 16.4 Å². The van der Waals surface area contributed by atoms with Gasteiger partial charge < -0.3 is 21.3 Å². The first-order chi connectivity index (χ1) is 13.4. The Bertz CT molecular complexity index is 546. The third kappa shape index (κ3) is 6.38. The molecule has 1 saturated carbocycles. The Hall–Kier alpha value is -1.79. The number of nitrogens with two attached hydrogens (primary N) is 1. The summed E-state index contributed by atoms with van der Waals surface area (Å²) in [6, 6.07) is -0.420. The number of amides is 4. The Morgan fingerprint density at radius 3 is 2.61 bits per heavy atom. The highest BCUT2D eigenvalue weighted by atomic mass is 16.2. The summed E-state index contributed by atoms with van der Waals surface area (Å²) in [6.45, 7) is 5.51. The molecule has 1 unspecified atom stereocenters. The molecule has 0 radical (unpaired) electrons. The van der Waals surface area contributed by atoms with Crippen molar-refractivity contribution in [2.45, 2.75) is 96.1 Å². The zero-order valence-electron chi connectivity index (χ0n) is 17.6. The number of piperidine rings is 1. The van der Waals surface area contributed by atoms with Gasteiger partial charge in [-0.3, -0.25) is 9.59 Å². The number of hydrogen-bond acceptors (Lipinski definition) is 3. The summed E-state index contributed by atoms with van der Waals surface area (Å²) in [5.74, 6) is 0.953. The highest BCUT2D eigenvalue weighted by Gasteiger charge is 2.51. The average Bonchev–Trinajstić information content (AvgIpc) is 2.63. The Kier molecular flexibility index (Phi) is 8.58. The predicted molar refractivity (Wildman–Crippen MR) is 110 cm³/mol. The number of urea groups is 1. The summed E-state index contributed by atoms with van der Waals surface area (Å²) in [5, 5.41) is 5.64. The molecule has 0 aromatic heterocycles. The Labute approximate surface area is 169 Å². The lowest BCUT2D eigenvalue weighted by molar-refractivity contribution is -0.147. The molecule has 1 atom stereocenters. The van der Waals surface area contributed by atoms with Crippen LogP contribution in [-0.4, -0.2) is 47.4 Å². The van der Waals surface area contributed by atoms with Gasteiger partial charge in [0.15, 0.2) is 0 Å². The van der Waals surface area contributed by atoms with Gasteiger partial charge in [0.1, 0.15) is 0 Å². The van der Waals surface area contributed by atoms with Gasteiger partial charge >= 0.3 is 6.03 Å². The van der Waals surface area contributed by atoms with E-state index in [0.717, 1.165) is 57.4 Å². The third-order valence-electron chi connectivity index (χ3n) is 6.45. The van der Waals surface area contributed by atoms with Gasteiger partial charge in [0.05, 0.1) is 0 Å². The van der Waals surface area contributed by atoms with E-state index in [4.69, 9.17) is 5.73 Å². The van der Waals surface area contributed by atoms with Crippen molar-refractivity contribution in [3.63, 3.8) is 0 Å². The summed E-state index contributed by atoms with van der Waals surface area (Å²) >= 11 is 0. The molecule has 1 spiro atoms. The molecule has 1 saturated heterocycles. The van der Waals surface area contributed by atoms with E-state index in [2.05, 4.69) is 24.5 Å². The molecule has 1 aliphatic heterocycles. The molecular formula is C21H38N4O3. The summed E-state index contributed by atoms with van der Waals surface area (Å²) in [5.41, 5.74) is 4.96. The Balaban J connectivity index is 1.72. The molecule has 0 bridgehead atoms. The van der Waals surface area contributed by atoms with Crippen molar-refractivity contribution in [2.24, 2.45) is 11.7 Å². The fourth-order valence-corrected chi connectivity index (χ4v) is 4.58. The van der Waals surface area contributed by atoms with E-state index in [1.807, 2.05) is 4.90 Å². The first-order valence-corrected chi connectivity index (χ1v) is 11.0. The van der Waals surface area contributed by atoms with Crippen LogP contribution in [0.5, 0.6) is 0 Å². The van der Waals surface area contributed by atoms with Crippen molar-refractivity contribution < 1.29 is 14.4 Å². The first kappa shape index (κ1) is 22.5. The van der Waals surface area contributed by atoms with E-state index in [1.165, 1.54) is 12.8 Å². The van der Waals surface area contributed by atoms with E-state index in [9.17, 15) is 14.4 Å². The van der Waals surface area contributed by atoms with Crippen LogP contribution in [0.15, 0.2) is 0 Å². The van der Waals surface area contributed by atoms with Crippen LogP contribution in [0.2, 0.25) is 0 Å². The lowest BCUT2D eigenvalue weighted by Crippen LogP contribution is -2.66. The maximum atomic E-state index is 12.6. The number of rotatable bonds is 10. The van der Waals surface area contributed by atoms with Crippen LogP contribution in [0.4, 0.5) is 4.79 Å². The van der Waals surface area contributed by atoms with Crippen LogP contribution in [0.25, 0.3) is 0 Å². The SMILES string of the molecule is CCC(C)CCCCC(=O)NC1CC2(CCCCN2C(=O)CCNC(N)=O)C1. The molecule has 7 nitrogen and oxygen atoms in total. The van der Waals surface area contributed by atoms with E-state index in [1.54, 1.807) is 0 Å². The van der Waals surface area contributed by atoms with Crippen LogP contribution in [0.3, 0.4) is 0 Å². The zero-order chi connectivity index (χ0) is 20.6. The number of nitrogens with one attached hydrogen (secondary N) is 2.